The number of benzene rings is 3. The van der Waals surface area contributed by atoms with E-state index in [4.69, 9.17) is 16.3 Å². The molecule has 0 radical (unpaired) electrons. The fraction of sp³-hybridized carbons (Fsp3) is 0.174. The van der Waals surface area contributed by atoms with Gasteiger partial charge in [0, 0.05) is 17.1 Å². The predicted molar refractivity (Wildman–Crippen MR) is 107 cm³/mol. The van der Waals surface area contributed by atoms with Crippen LogP contribution in [0.15, 0.2) is 72.8 Å². The Kier molecular flexibility index (Phi) is 4.87. The maximum absolute atomic E-state index is 13.4. The number of rotatable bonds is 3. The van der Waals surface area contributed by atoms with Crippen molar-refractivity contribution in [2.24, 2.45) is 0 Å². The van der Waals surface area contributed by atoms with Crippen molar-refractivity contribution in [3.63, 3.8) is 0 Å². The monoisotopic (exact) mass is 377 g/mol. The molecule has 0 spiro atoms. The van der Waals surface area contributed by atoms with Gasteiger partial charge >= 0.3 is 0 Å². The van der Waals surface area contributed by atoms with Gasteiger partial charge < -0.3 is 9.64 Å². The molecule has 0 fully saturated rings. The third-order valence-electron chi connectivity index (χ3n) is 5.05. The van der Waals surface area contributed by atoms with Gasteiger partial charge in [-0.15, -0.1) is 0 Å². The van der Waals surface area contributed by atoms with Crippen molar-refractivity contribution < 1.29 is 9.53 Å². The highest BCUT2D eigenvalue weighted by Crippen LogP contribution is 2.36. The Bertz CT molecular complexity index is 968. The lowest BCUT2D eigenvalue weighted by Crippen LogP contribution is -2.40. The van der Waals surface area contributed by atoms with E-state index in [1.165, 1.54) is 11.1 Å². The molecule has 1 atom stereocenters. The molecular formula is C23H20ClNO2. The molecule has 3 aromatic rings. The Morgan fingerprint density at radius 1 is 1.04 bits per heavy atom. The molecule has 3 nitrogen and oxygen atoms in total. The predicted octanol–water partition coefficient (Wildman–Crippen LogP) is 5.14. The molecule has 1 amide bonds. The average molecular weight is 378 g/mol. The summed E-state index contributed by atoms with van der Waals surface area (Å²) in [7, 11) is 1.61. The smallest absolute Gasteiger partial charge is 0.254 e. The van der Waals surface area contributed by atoms with E-state index in [-0.39, 0.29) is 11.9 Å². The summed E-state index contributed by atoms with van der Waals surface area (Å²) in [5, 5.41) is 0.688. The van der Waals surface area contributed by atoms with Gasteiger partial charge in [0.15, 0.2) is 0 Å². The molecule has 4 rings (SSSR count). The van der Waals surface area contributed by atoms with Crippen molar-refractivity contribution in [1.29, 1.82) is 0 Å². The zero-order valence-electron chi connectivity index (χ0n) is 15.1. The maximum atomic E-state index is 13.4. The van der Waals surface area contributed by atoms with Gasteiger partial charge in [-0.2, -0.15) is 0 Å². The molecule has 4 heteroatoms. The molecule has 0 saturated carbocycles. The lowest BCUT2D eigenvalue weighted by Gasteiger charge is -2.38. The van der Waals surface area contributed by atoms with Crippen LogP contribution in [0.2, 0.25) is 5.02 Å². The summed E-state index contributed by atoms with van der Waals surface area (Å²) >= 11 is 6.08. The molecular weight excluding hydrogens is 358 g/mol. The molecule has 0 aromatic heterocycles. The van der Waals surface area contributed by atoms with Crippen molar-refractivity contribution in [2.45, 2.75) is 12.5 Å². The highest BCUT2D eigenvalue weighted by molar-refractivity contribution is 6.30. The van der Waals surface area contributed by atoms with Gasteiger partial charge in [0.05, 0.1) is 13.2 Å². The first-order chi connectivity index (χ1) is 13.2. The van der Waals surface area contributed by atoms with Crippen molar-refractivity contribution in [2.75, 3.05) is 13.7 Å². The fourth-order valence-corrected chi connectivity index (χ4v) is 3.84. The molecule has 0 N–H and O–H groups in total. The Morgan fingerprint density at radius 2 is 1.81 bits per heavy atom. The van der Waals surface area contributed by atoms with Crippen LogP contribution in [0.1, 0.15) is 33.1 Å². The highest BCUT2D eigenvalue weighted by Gasteiger charge is 2.32. The first-order valence-electron chi connectivity index (χ1n) is 8.95. The van der Waals surface area contributed by atoms with E-state index in [1.807, 2.05) is 53.4 Å². The number of fused-ring (bicyclic) bond motifs is 1. The second kappa shape index (κ2) is 7.45. The molecule has 136 valence electrons. The summed E-state index contributed by atoms with van der Waals surface area (Å²) in [4.78, 5) is 15.3. The average Bonchev–Trinajstić information content (AvgIpc) is 2.73. The summed E-state index contributed by atoms with van der Waals surface area (Å²) in [6.07, 6.45) is 0.843. The third-order valence-corrected chi connectivity index (χ3v) is 5.30. The van der Waals surface area contributed by atoms with E-state index >= 15 is 0 Å². The largest absolute Gasteiger partial charge is 0.497 e. The van der Waals surface area contributed by atoms with E-state index in [9.17, 15) is 4.79 Å². The molecule has 1 heterocycles. The number of methoxy groups -OCH3 is 1. The van der Waals surface area contributed by atoms with Crippen molar-refractivity contribution >= 4 is 17.5 Å². The molecule has 0 bridgehead atoms. The minimum Gasteiger partial charge on any atom is -0.497 e. The van der Waals surface area contributed by atoms with Crippen LogP contribution in [0.4, 0.5) is 0 Å². The Hall–Kier alpha value is -2.78. The SMILES string of the molecule is COc1cccc(C(=O)N2CCc3ccccc3[C@@H]2c2ccc(Cl)cc2)c1. The molecule has 1 aliphatic heterocycles. The Labute approximate surface area is 164 Å². The summed E-state index contributed by atoms with van der Waals surface area (Å²) in [6, 6.07) is 23.3. The first-order valence-corrected chi connectivity index (χ1v) is 9.33. The molecule has 27 heavy (non-hydrogen) atoms. The van der Waals surface area contributed by atoms with Crippen LogP contribution < -0.4 is 4.74 Å². The number of ether oxygens (including phenoxy) is 1. The summed E-state index contributed by atoms with van der Waals surface area (Å²) in [5.74, 6) is 0.685. The third kappa shape index (κ3) is 3.43. The quantitative estimate of drug-likeness (QED) is 0.632. The van der Waals surface area contributed by atoms with Gasteiger partial charge in [-0.25, -0.2) is 0 Å². The van der Waals surface area contributed by atoms with E-state index in [0.29, 0.717) is 22.9 Å². The Morgan fingerprint density at radius 3 is 2.59 bits per heavy atom. The van der Waals surface area contributed by atoms with E-state index in [0.717, 1.165) is 12.0 Å². The first kappa shape index (κ1) is 17.6. The number of carbonyl (C=O) groups is 1. The van der Waals surface area contributed by atoms with Gasteiger partial charge in [-0.05, 0) is 53.4 Å². The van der Waals surface area contributed by atoms with Crippen LogP contribution in [0.3, 0.4) is 0 Å². The highest BCUT2D eigenvalue weighted by atomic mass is 35.5. The van der Waals surface area contributed by atoms with Gasteiger partial charge in [0.2, 0.25) is 0 Å². The number of carbonyl (C=O) groups excluding carboxylic acids is 1. The van der Waals surface area contributed by atoms with Crippen molar-refractivity contribution in [3.8, 4) is 5.75 Å². The topological polar surface area (TPSA) is 29.5 Å². The van der Waals surface area contributed by atoms with E-state index < -0.39 is 0 Å². The zero-order valence-corrected chi connectivity index (χ0v) is 15.8. The standard InChI is InChI=1S/C23H20ClNO2/c1-27-20-7-4-6-18(15-20)23(26)25-14-13-16-5-2-3-8-21(16)22(25)17-9-11-19(24)12-10-17/h2-12,15,22H,13-14H2,1H3/t22-/m0/s1. The molecule has 0 saturated heterocycles. The summed E-state index contributed by atoms with van der Waals surface area (Å²) in [6.45, 7) is 0.667. The van der Waals surface area contributed by atoms with Gasteiger partial charge in [-0.1, -0.05) is 54.1 Å². The zero-order chi connectivity index (χ0) is 18.8. The van der Waals surface area contributed by atoms with E-state index in [1.54, 1.807) is 13.2 Å². The van der Waals surface area contributed by atoms with Crippen molar-refractivity contribution in [3.05, 3.63) is 100 Å². The summed E-state index contributed by atoms with van der Waals surface area (Å²) < 4.78 is 5.29. The lowest BCUT2D eigenvalue weighted by atomic mass is 9.87. The van der Waals surface area contributed by atoms with Crippen LogP contribution >= 0.6 is 11.6 Å². The molecule has 0 aliphatic carbocycles. The molecule has 0 unspecified atom stereocenters. The number of hydrogen-bond donors (Lipinski definition) is 0. The Balaban J connectivity index is 1.78. The van der Waals surface area contributed by atoms with Crippen LogP contribution in [0, 0.1) is 0 Å². The molecule has 3 aromatic carbocycles. The second-order valence-corrected chi connectivity index (χ2v) is 7.07. The fourth-order valence-electron chi connectivity index (χ4n) is 3.71. The van der Waals surface area contributed by atoms with Crippen LogP contribution in [-0.4, -0.2) is 24.5 Å². The normalized spacial score (nSPS) is 15.9. The maximum Gasteiger partial charge on any atom is 0.254 e. The van der Waals surface area contributed by atoms with Crippen molar-refractivity contribution in [1.82, 2.24) is 4.90 Å². The minimum atomic E-state index is -0.133. The van der Waals surface area contributed by atoms with E-state index in [2.05, 4.69) is 18.2 Å². The van der Waals surface area contributed by atoms with Gasteiger partial charge in [-0.3, -0.25) is 4.79 Å². The number of hydrogen-bond acceptors (Lipinski definition) is 2. The lowest BCUT2D eigenvalue weighted by molar-refractivity contribution is 0.0694. The second-order valence-electron chi connectivity index (χ2n) is 6.63. The number of amides is 1. The summed E-state index contributed by atoms with van der Waals surface area (Å²) in [5.41, 5.74) is 4.14. The van der Waals surface area contributed by atoms with Crippen LogP contribution in [-0.2, 0) is 6.42 Å². The van der Waals surface area contributed by atoms with Crippen LogP contribution in [0.25, 0.3) is 0 Å². The van der Waals surface area contributed by atoms with Crippen LogP contribution in [0.5, 0.6) is 5.75 Å². The number of halogens is 1. The molecule has 1 aliphatic rings. The van der Waals surface area contributed by atoms with Gasteiger partial charge in [0.1, 0.15) is 5.75 Å². The minimum absolute atomic E-state index is 0.00310. The van der Waals surface area contributed by atoms with Gasteiger partial charge in [0.25, 0.3) is 5.91 Å². The number of nitrogens with zero attached hydrogens (tertiary/aromatic N) is 1.